The van der Waals surface area contributed by atoms with Crippen molar-refractivity contribution in [3.8, 4) is 11.5 Å². The second kappa shape index (κ2) is 6.55. The van der Waals surface area contributed by atoms with Gasteiger partial charge >= 0.3 is 0 Å². The zero-order valence-electron chi connectivity index (χ0n) is 15.3. The highest BCUT2D eigenvalue weighted by Gasteiger charge is 2.19. The van der Waals surface area contributed by atoms with Gasteiger partial charge < -0.3 is 9.73 Å². The smallest absolute Gasteiger partial charge is 0.266 e. The zero-order chi connectivity index (χ0) is 19.1. The van der Waals surface area contributed by atoms with Gasteiger partial charge in [0.15, 0.2) is 0 Å². The molecule has 3 heterocycles. The molecule has 0 spiro atoms. The van der Waals surface area contributed by atoms with Crippen LogP contribution in [0.2, 0.25) is 0 Å². The predicted molar refractivity (Wildman–Crippen MR) is 104 cm³/mol. The number of benzene rings is 1. The third-order valence-corrected chi connectivity index (χ3v) is 5.57. The number of amides is 1. The molecule has 4 aromatic rings. The van der Waals surface area contributed by atoms with Crippen LogP contribution in [-0.4, -0.2) is 26.1 Å². The minimum Gasteiger partial charge on any atom is -0.423 e. The minimum absolute atomic E-state index is 0.168. The van der Waals surface area contributed by atoms with E-state index < -0.39 is 0 Å². The first-order valence-electron chi connectivity index (χ1n) is 8.37. The van der Waals surface area contributed by atoms with E-state index in [4.69, 9.17) is 4.42 Å². The Morgan fingerprint density at radius 1 is 1.15 bits per heavy atom. The van der Waals surface area contributed by atoms with E-state index in [1.54, 1.807) is 0 Å². The minimum atomic E-state index is -0.168. The summed E-state index contributed by atoms with van der Waals surface area (Å²) < 4.78 is 5.24. The lowest BCUT2D eigenvalue weighted by Gasteiger charge is -2.09. The van der Waals surface area contributed by atoms with Gasteiger partial charge in [0.1, 0.15) is 10.7 Å². The van der Waals surface area contributed by atoms with Crippen LogP contribution in [-0.2, 0) is 0 Å². The number of hydrogen-bond donors (Lipinski definition) is 1. The summed E-state index contributed by atoms with van der Waals surface area (Å²) in [5.41, 5.74) is 4.18. The second-order valence-electron chi connectivity index (χ2n) is 6.32. The highest BCUT2D eigenvalue weighted by molar-refractivity contribution is 7.20. The average molecular weight is 379 g/mol. The molecule has 0 bridgehead atoms. The van der Waals surface area contributed by atoms with Gasteiger partial charge in [0.2, 0.25) is 12.3 Å². The molecule has 0 fully saturated rings. The molecule has 1 amide bonds. The molecule has 0 atom stereocenters. The van der Waals surface area contributed by atoms with Gasteiger partial charge in [-0.2, -0.15) is 0 Å². The van der Waals surface area contributed by atoms with Crippen molar-refractivity contribution in [2.75, 3.05) is 5.32 Å². The van der Waals surface area contributed by atoms with E-state index in [0.717, 1.165) is 32.6 Å². The number of anilines is 1. The molecule has 3 aromatic heterocycles. The number of carbonyl (C=O) groups is 1. The Morgan fingerprint density at radius 3 is 2.70 bits per heavy atom. The molecule has 4 rings (SSSR count). The number of fused-ring (bicyclic) bond motifs is 1. The van der Waals surface area contributed by atoms with Crippen molar-refractivity contribution in [2.45, 2.75) is 27.7 Å². The quantitative estimate of drug-likeness (QED) is 0.572. The number of aryl methyl sites for hydroxylation is 4. The number of rotatable bonds is 3. The van der Waals surface area contributed by atoms with Crippen LogP contribution < -0.4 is 5.32 Å². The lowest BCUT2D eigenvalue weighted by atomic mass is 10.1. The Morgan fingerprint density at radius 2 is 1.96 bits per heavy atom. The lowest BCUT2D eigenvalue weighted by molar-refractivity contribution is 0.103. The Kier molecular flexibility index (Phi) is 4.19. The van der Waals surface area contributed by atoms with Crippen molar-refractivity contribution in [3.63, 3.8) is 0 Å². The third-order valence-electron chi connectivity index (χ3n) is 4.38. The van der Waals surface area contributed by atoms with Crippen LogP contribution in [0.4, 0.5) is 5.69 Å². The summed E-state index contributed by atoms with van der Waals surface area (Å²) in [7, 11) is 0. The standard InChI is InChI=1S/C19H17N5O2S/c1-9-5-6-13(18-24-20-8-26-18)7-14(9)23-17(25)16-10(2)15-11(3)21-12(4)22-19(15)27-16/h5-8H,1-4H3,(H,23,25). The summed E-state index contributed by atoms with van der Waals surface area (Å²) in [6, 6.07) is 5.62. The fourth-order valence-corrected chi connectivity index (χ4v) is 4.23. The van der Waals surface area contributed by atoms with Crippen molar-refractivity contribution < 1.29 is 9.21 Å². The number of nitrogens with one attached hydrogen (secondary N) is 1. The van der Waals surface area contributed by atoms with E-state index >= 15 is 0 Å². The maximum Gasteiger partial charge on any atom is 0.266 e. The molecule has 7 nitrogen and oxygen atoms in total. The molecular formula is C19H17N5O2S. The zero-order valence-corrected chi connectivity index (χ0v) is 16.1. The number of thiophene rings is 1. The van der Waals surface area contributed by atoms with E-state index in [0.29, 0.717) is 22.3 Å². The average Bonchev–Trinajstić information content (AvgIpc) is 3.25. The van der Waals surface area contributed by atoms with Gasteiger partial charge in [-0.05, 0) is 51.0 Å². The SMILES string of the molecule is Cc1nc(C)c2c(C)c(C(=O)Nc3cc(-c4nnco4)ccc3C)sc2n1. The summed E-state index contributed by atoms with van der Waals surface area (Å²) in [6.45, 7) is 7.66. The fourth-order valence-electron chi connectivity index (χ4n) is 3.06. The van der Waals surface area contributed by atoms with Gasteiger partial charge in [0.05, 0.1) is 4.88 Å². The predicted octanol–water partition coefficient (Wildman–Crippen LogP) is 4.23. The Labute approximate surface area is 159 Å². The maximum atomic E-state index is 13.0. The Balaban J connectivity index is 1.71. The van der Waals surface area contributed by atoms with Crippen molar-refractivity contribution in [2.24, 2.45) is 0 Å². The first kappa shape index (κ1) is 17.3. The van der Waals surface area contributed by atoms with E-state index in [2.05, 4.69) is 25.5 Å². The van der Waals surface area contributed by atoms with E-state index in [1.165, 1.54) is 17.7 Å². The Bertz CT molecular complexity index is 1160. The third kappa shape index (κ3) is 3.08. The van der Waals surface area contributed by atoms with Crippen molar-refractivity contribution >= 4 is 33.1 Å². The van der Waals surface area contributed by atoms with Crippen molar-refractivity contribution in [1.29, 1.82) is 0 Å². The number of hydrogen-bond acceptors (Lipinski definition) is 7. The summed E-state index contributed by atoms with van der Waals surface area (Å²) in [6.07, 6.45) is 1.28. The van der Waals surface area contributed by atoms with Crippen molar-refractivity contribution in [3.05, 3.63) is 52.1 Å². The molecule has 136 valence electrons. The van der Waals surface area contributed by atoms with Crippen LogP contribution in [0.15, 0.2) is 29.0 Å². The molecule has 0 aliphatic rings. The number of aromatic nitrogens is 4. The van der Waals surface area contributed by atoms with Crippen LogP contribution in [0.3, 0.4) is 0 Å². The highest BCUT2D eigenvalue weighted by Crippen LogP contribution is 2.32. The summed E-state index contributed by atoms with van der Waals surface area (Å²) in [5, 5.41) is 11.6. The number of carbonyl (C=O) groups excluding carboxylic acids is 1. The molecule has 1 N–H and O–H groups in total. The summed E-state index contributed by atoms with van der Waals surface area (Å²) in [5.74, 6) is 0.944. The van der Waals surface area contributed by atoms with Crippen LogP contribution >= 0.6 is 11.3 Å². The molecule has 0 saturated heterocycles. The van der Waals surface area contributed by atoms with E-state index in [-0.39, 0.29) is 5.91 Å². The second-order valence-corrected chi connectivity index (χ2v) is 7.32. The van der Waals surface area contributed by atoms with Crippen LogP contribution in [0, 0.1) is 27.7 Å². The molecule has 0 aliphatic carbocycles. The van der Waals surface area contributed by atoms with Gasteiger partial charge in [-0.1, -0.05) is 6.07 Å². The maximum absolute atomic E-state index is 13.0. The van der Waals surface area contributed by atoms with E-state index in [9.17, 15) is 4.79 Å². The summed E-state index contributed by atoms with van der Waals surface area (Å²) >= 11 is 1.38. The molecule has 1 aromatic carbocycles. The van der Waals surface area contributed by atoms with Crippen molar-refractivity contribution in [1.82, 2.24) is 20.2 Å². The molecule has 0 radical (unpaired) electrons. The van der Waals surface area contributed by atoms with E-state index in [1.807, 2.05) is 45.9 Å². The van der Waals surface area contributed by atoms with Gasteiger partial charge in [-0.15, -0.1) is 21.5 Å². The molecule has 0 aliphatic heterocycles. The largest absolute Gasteiger partial charge is 0.423 e. The van der Waals surface area contributed by atoms with Crippen LogP contribution in [0.25, 0.3) is 21.7 Å². The van der Waals surface area contributed by atoms with Crippen LogP contribution in [0.1, 0.15) is 32.3 Å². The monoisotopic (exact) mass is 379 g/mol. The summed E-state index contributed by atoms with van der Waals surface area (Å²) in [4.78, 5) is 23.3. The Hall–Kier alpha value is -3.13. The van der Waals surface area contributed by atoms with Gasteiger partial charge in [-0.25, -0.2) is 9.97 Å². The van der Waals surface area contributed by atoms with Gasteiger partial charge in [-0.3, -0.25) is 4.79 Å². The molecule has 8 heteroatoms. The first-order chi connectivity index (χ1) is 12.9. The number of nitrogens with zero attached hydrogens (tertiary/aromatic N) is 4. The molecular weight excluding hydrogens is 362 g/mol. The topological polar surface area (TPSA) is 93.8 Å². The van der Waals surface area contributed by atoms with Gasteiger partial charge in [0, 0.05) is 22.3 Å². The molecule has 27 heavy (non-hydrogen) atoms. The lowest BCUT2D eigenvalue weighted by Crippen LogP contribution is -2.12. The highest BCUT2D eigenvalue weighted by atomic mass is 32.1. The normalized spacial score (nSPS) is 11.1. The fraction of sp³-hybridized carbons (Fsp3) is 0.211. The van der Waals surface area contributed by atoms with Gasteiger partial charge in [0.25, 0.3) is 5.91 Å². The van der Waals surface area contributed by atoms with Crippen LogP contribution in [0.5, 0.6) is 0 Å². The molecule has 0 saturated carbocycles. The molecule has 0 unspecified atom stereocenters. The first-order valence-corrected chi connectivity index (χ1v) is 9.18.